The number of ether oxygens (including phenoxy) is 1. The molecule has 1 aliphatic rings. The van der Waals surface area contributed by atoms with Gasteiger partial charge in [0.2, 0.25) is 17.4 Å². The van der Waals surface area contributed by atoms with Crippen LogP contribution in [0.2, 0.25) is 0 Å². The average molecular weight is 368 g/mol. The van der Waals surface area contributed by atoms with Crippen molar-refractivity contribution in [2.24, 2.45) is 0 Å². The van der Waals surface area contributed by atoms with Gasteiger partial charge in [-0.1, -0.05) is 35.5 Å². The van der Waals surface area contributed by atoms with E-state index in [1.807, 2.05) is 30.3 Å². The van der Waals surface area contributed by atoms with Crippen LogP contribution in [0.1, 0.15) is 22.7 Å². The highest BCUT2D eigenvalue weighted by Gasteiger charge is 2.46. The second-order valence-corrected chi connectivity index (χ2v) is 6.32. The Labute approximate surface area is 154 Å². The van der Waals surface area contributed by atoms with Crippen molar-refractivity contribution < 1.29 is 18.4 Å². The highest BCUT2D eigenvalue weighted by Crippen LogP contribution is 2.36. The van der Waals surface area contributed by atoms with Crippen molar-refractivity contribution in [1.82, 2.24) is 20.0 Å². The van der Waals surface area contributed by atoms with Crippen molar-refractivity contribution >= 4 is 5.91 Å². The minimum atomic E-state index is -1.87. The van der Waals surface area contributed by atoms with Gasteiger partial charge < -0.3 is 14.2 Å². The summed E-state index contributed by atoms with van der Waals surface area (Å²) in [5.74, 6) is 0.329. The normalized spacial score (nSPS) is 19.3. The molecule has 0 aliphatic carbocycles. The van der Waals surface area contributed by atoms with Crippen LogP contribution in [0.5, 0.6) is 5.88 Å². The highest BCUT2D eigenvalue weighted by molar-refractivity contribution is 5.94. The van der Waals surface area contributed by atoms with Gasteiger partial charge in [-0.2, -0.15) is 4.98 Å². The molecule has 1 aromatic carbocycles. The van der Waals surface area contributed by atoms with E-state index in [2.05, 4.69) is 15.1 Å². The molecule has 0 spiro atoms. The molecule has 8 heteroatoms. The number of benzene rings is 1. The van der Waals surface area contributed by atoms with Crippen molar-refractivity contribution in [3.63, 3.8) is 0 Å². The molecule has 138 valence electrons. The maximum atomic E-state index is 15.4. The van der Waals surface area contributed by atoms with E-state index in [1.165, 1.54) is 18.2 Å². The summed E-state index contributed by atoms with van der Waals surface area (Å²) in [6.45, 7) is 0.110. The van der Waals surface area contributed by atoms with Gasteiger partial charge in [0.15, 0.2) is 0 Å². The van der Waals surface area contributed by atoms with E-state index in [4.69, 9.17) is 9.26 Å². The van der Waals surface area contributed by atoms with Crippen LogP contribution in [0.3, 0.4) is 0 Å². The maximum absolute atomic E-state index is 15.4. The summed E-state index contributed by atoms with van der Waals surface area (Å²) < 4.78 is 25.5. The lowest BCUT2D eigenvalue weighted by Gasteiger charge is -2.18. The fraction of sp³-hybridized carbons (Fsp3) is 0.263. The zero-order chi connectivity index (χ0) is 18.9. The summed E-state index contributed by atoms with van der Waals surface area (Å²) >= 11 is 0. The number of pyridine rings is 1. The van der Waals surface area contributed by atoms with Crippen molar-refractivity contribution in [3.05, 3.63) is 60.1 Å². The lowest BCUT2D eigenvalue weighted by molar-refractivity contribution is 0.0716. The molecule has 1 aliphatic heterocycles. The van der Waals surface area contributed by atoms with E-state index in [0.29, 0.717) is 17.3 Å². The summed E-state index contributed by atoms with van der Waals surface area (Å²) in [5.41, 5.74) is -0.753. The van der Waals surface area contributed by atoms with Crippen molar-refractivity contribution in [2.75, 3.05) is 20.2 Å². The zero-order valence-corrected chi connectivity index (χ0v) is 14.6. The first kappa shape index (κ1) is 17.1. The third-order valence-electron chi connectivity index (χ3n) is 4.54. The van der Waals surface area contributed by atoms with Crippen molar-refractivity contribution in [3.8, 4) is 17.3 Å². The summed E-state index contributed by atoms with van der Waals surface area (Å²) in [7, 11) is 1.50. The second kappa shape index (κ2) is 6.79. The predicted octanol–water partition coefficient (Wildman–Crippen LogP) is 2.85. The van der Waals surface area contributed by atoms with Crippen LogP contribution in [-0.2, 0) is 5.67 Å². The summed E-state index contributed by atoms with van der Waals surface area (Å²) in [6, 6.07) is 12.4. The van der Waals surface area contributed by atoms with Gasteiger partial charge in [-0.25, -0.2) is 9.37 Å². The number of aromatic nitrogens is 3. The number of halogens is 1. The fourth-order valence-corrected chi connectivity index (χ4v) is 3.04. The lowest BCUT2D eigenvalue weighted by atomic mass is 10.1. The van der Waals surface area contributed by atoms with Crippen LogP contribution in [0, 0.1) is 0 Å². The quantitative estimate of drug-likeness (QED) is 0.704. The molecule has 1 fully saturated rings. The van der Waals surface area contributed by atoms with Gasteiger partial charge >= 0.3 is 0 Å². The van der Waals surface area contributed by atoms with Gasteiger partial charge in [-0.05, 0) is 6.07 Å². The standard InChI is InChI=1S/C19H17FN4O3/c1-26-15-8-7-14(11-21-15)17(25)24-10-9-19(20,12-24)18-22-16(23-27-18)13-5-3-2-4-6-13/h2-8,11H,9-10,12H2,1H3. The topological polar surface area (TPSA) is 81.4 Å². The average Bonchev–Trinajstić information content (AvgIpc) is 3.37. The fourth-order valence-electron chi connectivity index (χ4n) is 3.04. The number of rotatable bonds is 4. The Morgan fingerprint density at radius 2 is 2.07 bits per heavy atom. The van der Waals surface area contributed by atoms with E-state index < -0.39 is 5.67 Å². The summed E-state index contributed by atoms with van der Waals surface area (Å²) in [4.78, 5) is 22.3. The Kier molecular flexibility index (Phi) is 4.31. The van der Waals surface area contributed by atoms with Crippen LogP contribution in [0.15, 0.2) is 53.2 Å². The second-order valence-electron chi connectivity index (χ2n) is 6.32. The van der Waals surface area contributed by atoms with Crippen LogP contribution >= 0.6 is 0 Å². The Morgan fingerprint density at radius 3 is 2.78 bits per heavy atom. The molecule has 1 atom stereocenters. The summed E-state index contributed by atoms with van der Waals surface area (Å²) in [5, 5.41) is 3.87. The molecule has 3 heterocycles. The number of carbonyl (C=O) groups excluding carboxylic acids is 1. The Hall–Kier alpha value is -3.29. The predicted molar refractivity (Wildman–Crippen MR) is 93.8 cm³/mol. The van der Waals surface area contributed by atoms with E-state index in [0.717, 1.165) is 5.56 Å². The molecule has 1 saturated heterocycles. The largest absolute Gasteiger partial charge is 0.481 e. The van der Waals surface area contributed by atoms with E-state index >= 15 is 4.39 Å². The first-order chi connectivity index (χ1) is 13.1. The Bertz CT molecular complexity index is 945. The Balaban J connectivity index is 1.51. The van der Waals surface area contributed by atoms with E-state index in [9.17, 15) is 4.79 Å². The molecule has 0 saturated carbocycles. The number of methoxy groups -OCH3 is 1. The molecule has 4 rings (SSSR count). The minimum Gasteiger partial charge on any atom is -0.481 e. The van der Waals surface area contributed by atoms with Crippen LogP contribution in [0.25, 0.3) is 11.4 Å². The van der Waals surface area contributed by atoms with Gasteiger partial charge in [0.25, 0.3) is 11.8 Å². The number of hydrogen-bond acceptors (Lipinski definition) is 6. The molecule has 7 nitrogen and oxygen atoms in total. The van der Waals surface area contributed by atoms with Crippen molar-refractivity contribution in [2.45, 2.75) is 12.1 Å². The number of amides is 1. The maximum Gasteiger partial charge on any atom is 0.266 e. The Morgan fingerprint density at radius 1 is 1.26 bits per heavy atom. The molecular formula is C19H17FN4O3. The number of likely N-dealkylation sites (tertiary alicyclic amines) is 1. The molecule has 3 aromatic rings. The summed E-state index contributed by atoms with van der Waals surface area (Å²) in [6.07, 6.45) is 1.51. The smallest absolute Gasteiger partial charge is 0.266 e. The number of carbonyl (C=O) groups is 1. The lowest BCUT2D eigenvalue weighted by Crippen LogP contribution is -2.32. The molecule has 2 aromatic heterocycles. The SMILES string of the molecule is COc1ccc(C(=O)N2CCC(F)(c3nc(-c4ccccc4)no3)C2)cn1. The number of nitrogens with zero attached hydrogens (tertiary/aromatic N) is 4. The third-order valence-corrected chi connectivity index (χ3v) is 4.54. The van der Waals surface area contributed by atoms with Crippen LogP contribution < -0.4 is 4.74 Å². The molecule has 0 radical (unpaired) electrons. The number of hydrogen-bond donors (Lipinski definition) is 0. The van der Waals surface area contributed by atoms with Gasteiger partial charge in [0.1, 0.15) is 0 Å². The van der Waals surface area contributed by atoms with Crippen LogP contribution in [-0.4, -0.2) is 46.1 Å². The van der Waals surface area contributed by atoms with Gasteiger partial charge in [-0.3, -0.25) is 4.79 Å². The minimum absolute atomic E-state index is 0.0960. The monoisotopic (exact) mass is 368 g/mol. The van der Waals surface area contributed by atoms with Gasteiger partial charge in [0, 0.05) is 30.8 Å². The van der Waals surface area contributed by atoms with Crippen molar-refractivity contribution in [1.29, 1.82) is 0 Å². The molecule has 0 bridgehead atoms. The van der Waals surface area contributed by atoms with Crippen LogP contribution in [0.4, 0.5) is 4.39 Å². The first-order valence-corrected chi connectivity index (χ1v) is 8.47. The highest BCUT2D eigenvalue weighted by atomic mass is 19.1. The van der Waals surface area contributed by atoms with E-state index in [-0.39, 0.29) is 31.3 Å². The molecule has 1 unspecified atom stereocenters. The molecule has 0 N–H and O–H groups in total. The van der Waals surface area contributed by atoms with E-state index in [1.54, 1.807) is 12.1 Å². The van der Waals surface area contributed by atoms with Gasteiger partial charge in [0.05, 0.1) is 19.2 Å². The molecular weight excluding hydrogens is 351 g/mol. The molecule has 27 heavy (non-hydrogen) atoms. The zero-order valence-electron chi connectivity index (χ0n) is 14.6. The first-order valence-electron chi connectivity index (χ1n) is 8.47. The molecule has 1 amide bonds. The third kappa shape index (κ3) is 3.25. The van der Waals surface area contributed by atoms with Gasteiger partial charge in [-0.15, -0.1) is 0 Å². The number of alkyl halides is 1.